The highest BCUT2D eigenvalue weighted by molar-refractivity contribution is 6.53. The zero-order valence-corrected chi connectivity index (χ0v) is 19.7. The van der Waals surface area contributed by atoms with Gasteiger partial charge in [0.1, 0.15) is 10.7 Å². The molecule has 0 fully saturated rings. The summed E-state index contributed by atoms with van der Waals surface area (Å²) in [5, 5.41) is 3.01. The molecule has 0 saturated heterocycles. The molecule has 0 saturated carbocycles. The van der Waals surface area contributed by atoms with Gasteiger partial charge in [0.15, 0.2) is 11.5 Å². The lowest BCUT2D eigenvalue weighted by atomic mass is 10.2. The molecule has 0 radical (unpaired) electrons. The Balaban J connectivity index is 1.50. The molecule has 1 aliphatic heterocycles. The van der Waals surface area contributed by atoms with Gasteiger partial charge in [0.2, 0.25) is 0 Å². The molecule has 34 heavy (non-hydrogen) atoms. The smallest absolute Gasteiger partial charge is 0.343 e. The van der Waals surface area contributed by atoms with Crippen molar-refractivity contribution in [2.45, 2.75) is 0 Å². The fourth-order valence-corrected chi connectivity index (χ4v) is 3.89. The molecule has 172 valence electrons. The van der Waals surface area contributed by atoms with Crippen LogP contribution in [0.25, 0.3) is 0 Å². The molecule has 0 spiro atoms. The van der Waals surface area contributed by atoms with E-state index < -0.39 is 17.8 Å². The first-order valence-corrected chi connectivity index (χ1v) is 10.9. The number of benzene rings is 3. The number of amides is 2. The Hall–Kier alpha value is -3.52. The Bertz CT molecular complexity index is 1340. The predicted molar refractivity (Wildman–Crippen MR) is 130 cm³/mol. The topological polar surface area (TPSA) is 84.9 Å². The molecule has 7 nitrogen and oxygen atoms in total. The first kappa shape index (κ1) is 23.6. The predicted octanol–water partition coefficient (Wildman–Crippen LogP) is 5.66. The number of para-hydroxylation sites is 2. The third-order valence-electron chi connectivity index (χ3n) is 4.84. The van der Waals surface area contributed by atoms with E-state index in [1.807, 2.05) is 0 Å². The van der Waals surface area contributed by atoms with Gasteiger partial charge in [0, 0.05) is 10.7 Å². The first-order chi connectivity index (χ1) is 16.3. The zero-order valence-electron chi connectivity index (χ0n) is 17.5. The van der Waals surface area contributed by atoms with Gasteiger partial charge >= 0.3 is 5.97 Å². The van der Waals surface area contributed by atoms with Crippen LogP contribution in [-0.2, 0) is 9.59 Å². The first-order valence-electron chi connectivity index (χ1n) is 9.76. The molecule has 0 aromatic heterocycles. The van der Waals surface area contributed by atoms with E-state index in [1.165, 1.54) is 37.4 Å². The highest BCUT2D eigenvalue weighted by Gasteiger charge is 2.39. The van der Waals surface area contributed by atoms with Crippen LogP contribution in [-0.4, -0.2) is 24.9 Å². The minimum atomic E-state index is -0.726. The van der Waals surface area contributed by atoms with Crippen LogP contribution in [0.1, 0.15) is 10.4 Å². The summed E-state index contributed by atoms with van der Waals surface area (Å²) in [6.07, 6.45) is 0. The summed E-state index contributed by atoms with van der Waals surface area (Å²) in [6, 6.07) is 17.2. The highest BCUT2D eigenvalue weighted by atomic mass is 35.5. The number of nitrogens with zero attached hydrogens (tertiary/aromatic N) is 1. The Morgan fingerprint density at radius 3 is 2.21 bits per heavy atom. The van der Waals surface area contributed by atoms with Crippen molar-refractivity contribution in [1.82, 2.24) is 0 Å². The van der Waals surface area contributed by atoms with Gasteiger partial charge in [-0.25, -0.2) is 9.69 Å². The number of carbonyl (C=O) groups excluding carboxylic acids is 3. The van der Waals surface area contributed by atoms with E-state index in [1.54, 1.807) is 36.4 Å². The number of methoxy groups -OCH3 is 1. The van der Waals surface area contributed by atoms with Crippen molar-refractivity contribution < 1.29 is 23.9 Å². The van der Waals surface area contributed by atoms with E-state index >= 15 is 0 Å². The highest BCUT2D eigenvalue weighted by Crippen LogP contribution is 2.35. The number of carbonyl (C=O) groups is 3. The van der Waals surface area contributed by atoms with Crippen LogP contribution in [0.3, 0.4) is 0 Å². The van der Waals surface area contributed by atoms with Crippen molar-refractivity contribution in [2.24, 2.45) is 0 Å². The second-order valence-electron chi connectivity index (χ2n) is 6.97. The van der Waals surface area contributed by atoms with E-state index in [0.29, 0.717) is 16.5 Å². The largest absolute Gasteiger partial charge is 0.493 e. The van der Waals surface area contributed by atoms with Crippen molar-refractivity contribution in [3.05, 3.63) is 93.1 Å². The number of imide groups is 1. The quantitative estimate of drug-likeness (QED) is 0.258. The number of halogens is 3. The van der Waals surface area contributed by atoms with Gasteiger partial charge in [-0.15, -0.1) is 0 Å². The molecule has 1 heterocycles. The number of rotatable bonds is 6. The van der Waals surface area contributed by atoms with Crippen LogP contribution in [0.4, 0.5) is 11.4 Å². The van der Waals surface area contributed by atoms with Crippen molar-refractivity contribution in [3.63, 3.8) is 0 Å². The Morgan fingerprint density at radius 1 is 0.882 bits per heavy atom. The van der Waals surface area contributed by atoms with E-state index in [2.05, 4.69) is 5.32 Å². The van der Waals surface area contributed by atoms with E-state index in [0.717, 1.165) is 4.90 Å². The van der Waals surface area contributed by atoms with Crippen molar-refractivity contribution in [1.29, 1.82) is 0 Å². The van der Waals surface area contributed by atoms with Crippen LogP contribution in [0.15, 0.2) is 77.5 Å². The van der Waals surface area contributed by atoms with Crippen molar-refractivity contribution in [3.8, 4) is 11.5 Å². The average Bonchev–Trinajstić information content (AvgIpc) is 3.03. The fourth-order valence-electron chi connectivity index (χ4n) is 3.19. The Kier molecular flexibility index (Phi) is 6.79. The molecule has 1 aliphatic rings. The maximum atomic E-state index is 12.9. The standard InChI is InChI=1S/C24H15Cl3N2O5/c1-33-18-4-2-3-5-19(18)34-24(32)13-6-9-15(10-7-13)28-21-20(27)22(30)29(23(21)31)17-11-8-14(25)12-16(17)26/h2-12,28H,1H3. The second kappa shape index (κ2) is 9.77. The van der Waals surface area contributed by atoms with Crippen LogP contribution in [0.5, 0.6) is 11.5 Å². The third-order valence-corrected chi connectivity index (χ3v) is 5.73. The lowest BCUT2D eigenvalue weighted by Crippen LogP contribution is -2.32. The summed E-state index contributed by atoms with van der Waals surface area (Å²) in [4.78, 5) is 38.9. The summed E-state index contributed by atoms with van der Waals surface area (Å²) >= 11 is 18.2. The molecule has 0 unspecified atom stereocenters. The van der Waals surface area contributed by atoms with Gasteiger partial charge in [0.25, 0.3) is 11.8 Å². The summed E-state index contributed by atoms with van der Waals surface area (Å²) < 4.78 is 10.6. The number of esters is 1. The van der Waals surface area contributed by atoms with Gasteiger partial charge in [-0.3, -0.25) is 9.59 Å². The molecular formula is C24H15Cl3N2O5. The van der Waals surface area contributed by atoms with Crippen LogP contribution in [0.2, 0.25) is 10.0 Å². The Morgan fingerprint density at radius 2 is 1.56 bits per heavy atom. The molecule has 3 aromatic carbocycles. The van der Waals surface area contributed by atoms with Gasteiger partial charge < -0.3 is 14.8 Å². The van der Waals surface area contributed by atoms with E-state index in [4.69, 9.17) is 44.3 Å². The average molecular weight is 518 g/mol. The monoisotopic (exact) mass is 516 g/mol. The number of ether oxygens (including phenoxy) is 2. The van der Waals surface area contributed by atoms with Crippen LogP contribution >= 0.6 is 34.8 Å². The number of nitrogens with one attached hydrogen (secondary N) is 1. The summed E-state index contributed by atoms with van der Waals surface area (Å²) in [7, 11) is 1.48. The molecule has 0 atom stereocenters. The maximum Gasteiger partial charge on any atom is 0.343 e. The van der Waals surface area contributed by atoms with Gasteiger partial charge in [-0.05, 0) is 54.6 Å². The number of anilines is 2. The fraction of sp³-hybridized carbons (Fsp3) is 0.0417. The molecule has 1 N–H and O–H groups in total. The molecule has 0 aliphatic carbocycles. The van der Waals surface area contributed by atoms with E-state index in [-0.39, 0.29) is 32.8 Å². The molecule has 10 heteroatoms. The Labute approximate surface area is 209 Å². The third kappa shape index (κ3) is 4.59. The number of hydrogen-bond donors (Lipinski definition) is 1. The normalized spacial score (nSPS) is 13.4. The molecule has 4 rings (SSSR count). The summed E-state index contributed by atoms with van der Waals surface area (Å²) in [6.45, 7) is 0. The van der Waals surface area contributed by atoms with Gasteiger partial charge in [-0.1, -0.05) is 46.9 Å². The molecular weight excluding hydrogens is 503 g/mol. The van der Waals surface area contributed by atoms with Gasteiger partial charge in [-0.2, -0.15) is 0 Å². The zero-order chi connectivity index (χ0) is 24.4. The maximum absolute atomic E-state index is 12.9. The lowest BCUT2D eigenvalue weighted by Gasteiger charge is -2.16. The minimum Gasteiger partial charge on any atom is -0.493 e. The lowest BCUT2D eigenvalue weighted by molar-refractivity contribution is -0.120. The van der Waals surface area contributed by atoms with Crippen LogP contribution in [0, 0.1) is 0 Å². The van der Waals surface area contributed by atoms with E-state index in [9.17, 15) is 14.4 Å². The second-order valence-corrected chi connectivity index (χ2v) is 8.19. The van der Waals surface area contributed by atoms with Crippen LogP contribution < -0.4 is 19.7 Å². The summed E-state index contributed by atoms with van der Waals surface area (Å²) in [5.41, 5.74) is 0.722. The molecule has 3 aromatic rings. The van der Waals surface area contributed by atoms with Crippen molar-refractivity contribution >= 4 is 64.0 Å². The molecule has 2 amide bonds. The minimum absolute atomic E-state index is 0.123. The molecule has 0 bridgehead atoms. The number of hydrogen-bond acceptors (Lipinski definition) is 6. The van der Waals surface area contributed by atoms with Gasteiger partial charge in [0.05, 0.1) is 23.4 Å². The SMILES string of the molecule is COc1ccccc1OC(=O)c1ccc(NC2=C(Cl)C(=O)N(c3ccc(Cl)cc3Cl)C2=O)cc1. The summed E-state index contributed by atoms with van der Waals surface area (Å²) in [5.74, 6) is -1.30. The van der Waals surface area contributed by atoms with Crippen molar-refractivity contribution in [2.75, 3.05) is 17.3 Å².